The van der Waals surface area contributed by atoms with Crippen molar-refractivity contribution >= 4 is 50.3 Å². The molecule has 0 aromatic heterocycles. The molecule has 0 aromatic rings. The third-order valence-corrected chi connectivity index (χ3v) is 1.29. The Morgan fingerprint density at radius 1 is 0.778 bits per heavy atom. The zero-order valence-electron chi connectivity index (χ0n) is 8.94. The summed E-state index contributed by atoms with van der Waals surface area (Å²) >= 11 is 0. The maximum absolute atomic E-state index is 10.3. The van der Waals surface area contributed by atoms with Crippen molar-refractivity contribution in [2.24, 2.45) is 0 Å². The van der Waals surface area contributed by atoms with Gasteiger partial charge in [-0.1, -0.05) is 0 Å². The summed E-state index contributed by atoms with van der Waals surface area (Å²) in [4.78, 5) is 39.0. The molecule has 18 heavy (non-hydrogen) atoms. The van der Waals surface area contributed by atoms with E-state index >= 15 is 0 Å². The number of carboxylic acid groups (broad SMARTS) is 5. The van der Waals surface area contributed by atoms with Crippen LogP contribution >= 0.6 is 0 Å². The van der Waals surface area contributed by atoms with E-state index in [1.54, 1.807) is 0 Å². The molecule has 6 N–H and O–H groups in total. The summed E-state index contributed by atoms with van der Waals surface area (Å²) in [5.74, 6) is -5.02. The first kappa shape index (κ1) is 21.8. The van der Waals surface area contributed by atoms with Gasteiger partial charge in [0.2, 0.25) is 0 Å². The first-order valence-corrected chi connectivity index (χ1v) is 3.82. The molecule has 0 fully saturated rings. The average Bonchev–Trinajstić information content (AvgIpc) is 1.98. The van der Waals surface area contributed by atoms with Crippen LogP contribution in [0.4, 0.5) is 4.79 Å². The predicted molar refractivity (Wildman–Crippen MR) is 57.7 cm³/mol. The Kier molecular flexibility index (Phi) is 11.5. The van der Waals surface area contributed by atoms with Crippen molar-refractivity contribution in [2.75, 3.05) is 0 Å². The van der Waals surface area contributed by atoms with Crippen LogP contribution in [0.5, 0.6) is 0 Å². The number of hydrogen-bond acceptors (Lipinski definition) is 5. The Morgan fingerprint density at radius 2 is 1.00 bits per heavy atom. The van der Waals surface area contributed by atoms with Gasteiger partial charge >= 0.3 is 50.3 Å². The molecule has 0 aliphatic heterocycles. The molecular weight excluding hydrogens is 453 g/mol. The van der Waals surface area contributed by atoms with Crippen molar-refractivity contribution in [1.82, 2.24) is 0 Å². The second kappa shape index (κ2) is 9.54. The quantitative estimate of drug-likeness (QED) is 0.242. The molecule has 0 aliphatic carbocycles. The fourth-order valence-electron chi connectivity index (χ4n) is 0.714. The van der Waals surface area contributed by atoms with Crippen LogP contribution in [0.25, 0.3) is 0 Å². The van der Waals surface area contributed by atoms with Crippen LogP contribution in [0, 0.1) is 0 Å². The molecule has 0 spiro atoms. The van der Waals surface area contributed by atoms with Crippen molar-refractivity contribution in [1.29, 1.82) is 0 Å². The molecule has 0 saturated carbocycles. The Bertz CT molecular complexity index is 304. The van der Waals surface area contributed by atoms with Crippen molar-refractivity contribution in [3.05, 3.63) is 0 Å². The van der Waals surface area contributed by atoms with Crippen LogP contribution in [0.1, 0.15) is 12.8 Å². The fourth-order valence-corrected chi connectivity index (χ4v) is 0.714. The number of hydrogen-bond donors (Lipinski definition) is 6. The van der Waals surface area contributed by atoms with Gasteiger partial charge in [0.05, 0.1) is 12.8 Å². The first-order chi connectivity index (χ1) is 7.51. The van der Waals surface area contributed by atoms with Crippen LogP contribution in [0.2, 0.25) is 0 Å². The van der Waals surface area contributed by atoms with Crippen molar-refractivity contribution < 1.29 is 49.8 Å². The van der Waals surface area contributed by atoms with Gasteiger partial charge in [0.15, 0.2) is 5.60 Å². The van der Waals surface area contributed by atoms with Crippen LogP contribution in [-0.4, -0.2) is 86.5 Å². The normalized spacial score (nSPS) is 9.17. The molecule has 0 aromatic carbocycles. The van der Waals surface area contributed by atoms with Crippen LogP contribution in [-0.2, 0) is 14.4 Å². The van der Waals surface area contributed by atoms with E-state index in [0.29, 0.717) is 0 Å². The zero-order valence-corrected chi connectivity index (χ0v) is 14.4. The molecule has 0 heterocycles. The van der Waals surface area contributed by atoms with Gasteiger partial charge in [-0.3, -0.25) is 9.59 Å². The Morgan fingerprint density at radius 3 is 1.11 bits per heavy atom. The molecule has 0 aliphatic rings. The van der Waals surface area contributed by atoms with E-state index in [9.17, 15) is 14.4 Å². The summed E-state index contributed by atoms with van der Waals surface area (Å²) in [6.45, 7) is 0. The van der Waals surface area contributed by atoms with Gasteiger partial charge in [0.1, 0.15) is 0 Å². The molecule has 0 unspecified atom stereocenters. The standard InChI is InChI=1S/C6H8O7.CH2O3.Bi.3H/c7-3(8)1-6(13,5(11)12)2-4(9)10;2-1(3)4;;;;/h13H,1-2H2,(H,7,8)(H,9,10)(H,11,12);(H2,2,3,4);;;;. The number of aliphatic carboxylic acids is 3. The number of carbonyl (C=O) groups is 4. The van der Waals surface area contributed by atoms with Crippen molar-refractivity contribution in [3.8, 4) is 0 Å². The van der Waals surface area contributed by atoms with Crippen LogP contribution in [0.3, 0.4) is 0 Å². The molecular formula is C7H13BiO10. The van der Waals surface area contributed by atoms with Gasteiger partial charge in [-0.2, -0.15) is 0 Å². The van der Waals surface area contributed by atoms with E-state index < -0.39 is 42.5 Å². The molecule has 10 nitrogen and oxygen atoms in total. The Hall–Kier alpha value is -1.48. The third-order valence-electron chi connectivity index (χ3n) is 1.29. The second-order valence-corrected chi connectivity index (χ2v) is 2.76. The fraction of sp³-hybridized carbons (Fsp3) is 0.429. The molecule has 0 bridgehead atoms. The Labute approximate surface area is 119 Å². The van der Waals surface area contributed by atoms with Gasteiger partial charge < -0.3 is 30.6 Å². The monoisotopic (exact) mass is 466 g/mol. The number of rotatable bonds is 5. The van der Waals surface area contributed by atoms with E-state index in [4.69, 9.17) is 35.4 Å². The zero-order chi connectivity index (χ0) is 14.2. The first-order valence-electron chi connectivity index (χ1n) is 3.82. The summed E-state index contributed by atoms with van der Waals surface area (Å²) in [5.41, 5.74) is -2.74. The molecule has 106 valence electrons. The minimum absolute atomic E-state index is 0. The van der Waals surface area contributed by atoms with E-state index in [0.717, 1.165) is 0 Å². The minimum atomic E-state index is -2.74. The van der Waals surface area contributed by atoms with Gasteiger partial charge in [0, 0.05) is 0 Å². The van der Waals surface area contributed by atoms with Crippen molar-refractivity contribution in [3.63, 3.8) is 0 Å². The average molecular weight is 466 g/mol. The molecule has 0 radical (unpaired) electrons. The SMILES string of the molecule is O=C(O)CC(O)(CC(=O)O)C(=O)O.O=C(O)O.[BiH3]. The molecule has 11 heteroatoms. The Balaban J connectivity index is -0.000000392. The molecule has 0 rings (SSSR count). The summed E-state index contributed by atoms with van der Waals surface area (Å²) in [6.07, 6.45) is -4.12. The van der Waals surface area contributed by atoms with E-state index in [2.05, 4.69) is 0 Å². The van der Waals surface area contributed by atoms with Gasteiger partial charge in [-0.05, 0) is 0 Å². The topological polar surface area (TPSA) is 190 Å². The number of aliphatic hydroxyl groups is 1. The molecule has 0 amide bonds. The predicted octanol–water partition coefficient (Wildman–Crippen LogP) is -2.21. The van der Waals surface area contributed by atoms with E-state index in [-0.39, 0.29) is 26.2 Å². The number of carboxylic acids is 3. The summed E-state index contributed by atoms with van der Waals surface area (Å²) in [7, 11) is 0. The summed E-state index contributed by atoms with van der Waals surface area (Å²) in [6, 6.07) is 0. The van der Waals surface area contributed by atoms with E-state index in [1.807, 2.05) is 0 Å². The summed E-state index contributed by atoms with van der Waals surface area (Å²) < 4.78 is 0. The third kappa shape index (κ3) is 12.6. The van der Waals surface area contributed by atoms with Gasteiger partial charge in [-0.25, -0.2) is 9.59 Å². The van der Waals surface area contributed by atoms with Crippen molar-refractivity contribution in [2.45, 2.75) is 18.4 Å². The van der Waals surface area contributed by atoms with Gasteiger partial charge in [0.25, 0.3) is 0 Å². The van der Waals surface area contributed by atoms with Gasteiger partial charge in [-0.15, -0.1) is 0 Å². The summed E-state index contributed by atoms with van der Waals surface area (Å²) in [5, 5.41) is 47.8. The van der Waals surface area contributed by atoms with Crippen LogP contribution < -0.4 is 0 Å². The second-order valence-electron chi connectivity index (χ2n) is 2.76. The molecule has 0 saturated heterocycles. The molecule has 0 atom stereocenters. The van der Waals surface area contributed by atoms with Crippen LogP contribution in [0.15, 0.2) is 0 Å². The maximum atomic E-state index is 10.3. The van der Waals surface area contributed by atoms with E-state index in [1.165, 1.54) is 0 Å².